The molecule has 0 spiro atoms. The third-order valence-electron chi connectivity index (χ3n) is 3.09. The first-order chi connectivity index (χ1) is 7.83. The monoisotopic (exact) mass is 237 g/mol. The molecule has 0 aliphatic heterocycles. The molecule has 1 aliphatic carbocycles. The smallest absolute Gasteiger partial charge is 0.234 e. The van der Waals surface area contributed by atoms with E-state index < -0.39 is 0 Å². The van der Waals surface area contributed by atoms with E-state index in [1.54, 1.807) is 11.3 Å². The van der Waals surface area contributed by atoms with Gasteiger partial charge >= 0.3 is 0 Å². The summed E-state index contributed by atoms with van der Waals surface area (Å²) in [5.41, 5.74) is 0. The SMILES string of the molecule is Cc1nnc2sc(CNC3CCCC3)nn12. The summed E-state index contributed by atoms with van der Waals surface area (Å²) in [4.78, 5) is 0.890. The molecular weight excluding hydrogens is 222 g/mol. The summed E-state index contributed by atoms with van der Waals surface area (Å²) in [6, 6.07) is 0.690. The number of hydrogen-bond donors (Lipinski definition) is 1. The van der Waals surface area contributed by atoms with E-state index in [1.165, 1.54) is 25.7 Å². The van der Waals surface area contributed by atoms with Gasteiger partial charge in [-0.25, -0.2) is 0 Å². The number of nitrogens with one attached hydrogen (secondary N) is 1. The van der Waals surface area contributed by atoms with Crippen LogP contribution in [0.1, 0.15) is 36.5 Å². The van der Waals surface area contributed by atoms with Crippen LogP contribution >= 0.6 is 11.3 Å². The Morgan fingerprint density at radius 2 is 2.19 bits per heavy atom. The Morgan fingerprint density at radius 1 is 1.38 bits per heavy atom. The van der Waals surface area contributed by atoms with Crippen molar-refractivity contribution in [1.82, 2.24) is 25.1 Å². The van der Waals surface area contributed by atoms with E-state index in [4.69, 9.17) is 0 Å². The van der Waals surface area contributed by atoms with Crippen molar-refractivity contribution in [1.29, 1.82) is 0 Å². The number of aryl methyl sites for hydroxylation is 1. The van der Waals surface area contributed by atoms with Crippen LogP contribution in [0.3, 0.4) is 0 Å². The molecule has 5 nitrogen and oxygen atoms in total. The van der Waals surface area contributed by atoms with E-state index >= 15 is 0 Å². The molecule has 0 radical (unpaired) electrons. The lowest BCUT2D eigenvalue weighted by molar-refractivity contribution is 0.521. The van der Waals surface area contributed by atoms with Gasteiger partial charge in [-0.05, 0) is 19.8 Å². The van der Waals surface area contributed by atoms with Gasteiger partial charge in [-0.2, -0.15) is 9.61 Å². The van der Waals surface area contributed by atoms with Crippen molar-refractivity contribution in [2.75, 3.05) is 0 Å². The lowest BCUT2D eigenvalue weighted by Crippen LogP contribution is -2.25. The number of aromatic nitrogens is 4. The molecule has 1 N–H and O–H groups in total. The van der Waals surface area contributed by atoms with E-state index in [9.17, 15) is 0 Å². The highest BCUT2D eigenvalue weighted by atomic mass is 32.1. The minimum atomic E-state index is 0.690. The highest BCUT2D eigenvalue weighted by Gasteiger charge is 2.15. The summed E-state index contributed by atoms with van der Waals surface area (Å²) in [5, 5.41) is 17.2. The molecule has 86 valence electrons. The molecule has 0 unspecified atom stereocenters. The Labute approximate surface area is 97.9 Å². The van der Waals surface area contributed by atoms with Crippen LogP contribution in [0.15, 0.2) is 0 Å². The highest BCUT2D eigenvalue weighted by Crippen LogP contribution is 2.19. The largest absolute Gasteiger partial charge is 0.308 e. The second kappa shape index (κ2) is 4.10. The van der Waals surface area contributed by atoms with Gasteiger partial charge in [-0.3, -0.25) is 0 Å². The molecule has 0 saturated heterocycles. The maximum Gasteiger partial charge on any atom is 0.234 e. The van der Waals surface area contributed by atoms with Gasteiger partial charge in [-0.1, -0.05) is 24.2 Å². The Morgan fingerprint density at radius 3 is 2.94 bits per heavy atom. The zero-order chi connectivity index (χ0) is 11.0. The minimum absolute atomic E-state index is 0.690. The van der Waals surface area contributed by atoms with Crippen molar-refractivity contribution in [2.45, 2.75) is 45.2 Å². The lowest BCUT2D eigenvalue weighted by atomic mass is 10.2. The van der Waals surface area contributed by atoms with E-state index in [0.29, 0.717) is 6.04 Å². The average Bonchev–Trinajstić information content (AvgIpc) is 2.95. The van der Waals surface area contributed by atoms with E-state index in [1.807, 2.05) is 11.4 Å². The van der Waals surface area contributed by atoms with Crippen LogP contribution in [-0.2, 0) is 6.54 Å². The summed E-state index contributed by atoms with van der Waals surface area (Å²) < 4.78 is 1.82. The normalized spacial score (nSPS) is 17.6. The molecule has 1 fully saturated rings. The van der Waals surface area contributed by atoms with Crippen molar-refractivity contribution < 1.29 is 0 Å². The fourth-order valence-corrected chi connectivity index (χ4v) is 3.02. The van der Waals surface area contributed by atoms with Crippen LogP contribution in [0.5, 0.6) is 0 Å². The maximum absolute atomic E-state index is 4.48. The number of nitrogens with zero attached hydrogens (tertiary/aromatic N) is 4. The molecule has 2 aromatic heterocycles. The summed E-state index contributed by atoms with van der Waals surface area (Å²) in [5.74, 6) is 0.860. The van der Waals surface area contributed by atoms with Crippen molar-refractivity contribution in [2.24, 2.45) is 0 Å². The van der Waals surface area contributed by atoms with Gasteiger partial charge in [0.15, 0.2) is 5.82 Å². The van der Waals surface area contributed by atoms with Gasteiger partial charge in [0, 0.05) is 12.6 Å². The predicted molar refractivity (Wildman–Crippen MR) is 62.5 cm³/mol. The van der Waals surface area contributed by atoms with Crippen LogP contribution in [0.4, 0.5) is 0 Å². The van der Waals surface area contributed by atoms with Gasteiger partial charge < -0.3 is 5.32 Å². The molecule has 6 heteroatoms. The van der Waals surface area contributed by atoms with E-state index in [-0.39, 0.29) is 0 Å². The van der Waals surface area contributed by atoms with Crippen LogP contribution in [0.2, 0.25) is 0 Å². The summed E-state index contributed by atoms with van der Waals surface area (Å²) in [7, 11) is 0. The topological polar surface area (TPSA) is 55.1 Å². The fraction of sp³-hybridized carbons (Fsp3) is 0.700. The van der Waals surface area contributed by atoms with E-state index in [2.05, 4.69) is 20.6 Å². The number of fused-ring (bicyclic) bond motifs is 1. The molecule has 0 aromatic carbocycles. The molecule has 0 bridgehead atoms. The number of rotatable bonds is 3. The third-order valence-corrected chi connectivity index (χ3v) is 3.98. The summed E-state index contributed by atoms with van der Waals surface area (Å²) >= 11 is 1.62. The first kappa shape index (κ1) is 10.2. The maximum atomic E-state index is 4.48. The van der Waals surface area contributed by atoms with Gasteiger partial charge in [0.2, 0.25) is 4.96 Å². The Kier molecular flexibility index (Phi) is 2.61. The average molecular weight is 237 g/mol. The van der Waals surface area contributed by atoms with Crippen molar-refractivity contribution >= 4 is 16.3 Å². The third kappa shape index (κ3) is 1.82. The van der Waals surface area contributed by atoms with Gasteiger partial charge in [0.25, 0.3) is 0 Å². The van der Waals surface area contributed by atoms with Gasteiger partial charge in [0.1, 0.15) is 5.01 Å². The standard InChI is InChI=1S/C10H15N5S/c1-7-12-13-10-15(7)14-9(16-10)6-11-8-4-2-3-5-8/h8,11H,2-6H2,1H3. The zero-order valence-corrected chi connectivity index (χ0v) is 10.1. The molecule has 2 heterocycles. The minimum Gasteiger partial charge on any atom is -0.308 e. The quantitative estimate of drug-likeness (QED) is 0.879. The van der Waals surface area contributed by atoms with Gasteiger partial charge in [-0.15, -0.1) is 10.2 Å². The van der Waals surface area contributed by atoms with Crippen LogP contribution in [-0.4, -0.2) is 25.9 Å². The first-order valence-corrected chi connectivity index (χ1v) is 6.56. The number of hydrogen-bond acceptors (Lipinski definition) is 5. The Bertz CT molecular complexity index is 482. The second-order valence-corrected chi connectivity index (χ2v) is 5.34. The fourth-order valence-electron chi connectivity index (χ4n) is 2.19. The van der Waals surface area contributed by atoms with Crippen LogP contribution in [0.25, 0.3) is 4.96 Å². The van der Waals surface area contributed by atoms with Crippen LogP contribution in [0, 0.1) is 6.92 Å². The summed E-state index contributed by atoms with van der Waals surface area (Å²) in [6.45, 7) is 2.78. The Balaban J connectivity index is 1.69. The van der Waals surface area contributed by atoms with Crippen molar-refractivity contribution in [3.8, 4) is 0 Å². The highest BCUT2D eigenvalue weighted by molar-refractivity contribution is 7.16. The second-order valence-electron chi connectivity index (χ2n) is 4.30. The Hall–Kier alpha value is -1.01. The molecule has 16 heavy (non-hydrogen) atoms. The molecule has 3 rings (SSSR count). The summed E-state index contributed by atoms with van der Waals surface area (Å²) in [6.07, 6.45) is 5.34. The van der Waals surface area contributed by atoms with Gasteiger partial charge in [0.05, 0.1) is 0 Å². The van der Waals surface area contributed by atoms with Crippen molar-refractivity contribution in [3.05, 3.63) is 10.8 Å². The van der Waals surface area contributed by atoms with Crippen LogP contribution < -0.4 is 5.32 Å². The van der Waals surface area contributed by atoms with E-state index in [0.717, 1.165) is 22.3 Å². The lowest BCUT2D eigenvalue weighted by Gasteiger charge is -2.08. The van der Waals surface area contributed by atoms with Crippen molar-refractivity contribution in [3.63, 3.8) is 0 Å². The molecule has 0 amide bonds. The molecule has 0 atom stereocenters. The molecular formula is C10H15N5S. The molecule has 1 aliphatic rings. The molecule has 2 aromatic rings. The first-order valence-electron chi connectivity index (χ1n) is 5.74. The molecule has 1 saturated carbocycles. The zero-order valence-electron chi connectivity index (χ0n) is 9.31. The predicted octanol–water partition coefficient (Wildman–Crippen LogP) is 1.53.